The fourth-order valence-corrected chi connectivity index (χ4v) is 2.66. The van der Waals surface area contributed by atoms with Gasteiger partial charge in [-0.25, -0.2) is 4.57 Å². The van der Waals surface area contributed by atoms with E-state index < -0.39 is 7.82 Å². The molecule has 1 unspecified atom stereocenters. The van der Waals surface area contributed by atoms with Crippen LogP contribution in [0.25, 0.3) is 0 Å². The van der Waals surface area contributed by atoms with Crippen molar-refractivity contribution in [1.82, 2.24) is 0 Å². The Bertz CT molecular complexity index is 709. The smallest absolute Gasteiger partial charge is 0.508 e. The maximum absolute atomic E-state index is 11.0. The number of phosphoric acid groups is 1. The Hall–Kier alpha value is -2.01. The van der Waals surface area contributed by atoms with Gasteiger partial charge in [-0.1, -0.05) is 25.1 Å². The average Bonchev–Trinajstić information content (AvgIpc) is 2.41. The summed E-state index contributed by atoms with van der Waals surface area (Å²) < 4.78 is 15.7. The number of aromatic hydroxyl groups is 2. The predicted molar refractivity (Wildman–Crippen MR) is 81.0 cm³/mol. The lowest BCUT2D eigenvalue weighted by Gasteiger charge is -2.17. The minimum absolute atomic E-state index is 0.0552. The molecule has 6 nitrogen and oxygen atoms in total. The molecule has 0 amide bonds. The molecule has 2 rings (SSSR count). The van der Waals surface area contributed by atoms with Crippen LogP contribution in [-0.4, -0.2) is 20.0 Å². The van der Waals surface area contributed by atoms with Gasteiger partial charge in [-0.2, -0.15) is 0 Å². The van der Waals surface area contributed by atoms with Crippen LogP contribution in [-0.2, 0) is 11.0 Å². The van der Waals surface area contributed by atoms with Crippen LogP contribution in [0.3, 0.4) is 0 Å². The van der Waals surface area contributed by atoms with Crippen molar-refractivity contribution in [2.75, 3.05) is 0 Å². The van der Waals surface area contributed by atoms with Crippen LogP contribution in [0.1, 0.15) is 24.0 Å². The second-order valence-electron chi connectivity index (χ2n) is 5.04. The van der Waals surface area contributed by atoms with Crippen LogP contribution in [0.2, 0.25) is 0 Å². The van der Waals surface area contributed by atoms with Crippen molar-refractivity contribution in [1.29, 1.82) is 0 Å². The van der Waals surface area contributed by atoms with E-state index in [0.29, 0.717) is 12.0 Å². The number of hydrogen-bond donors (Lipinski definition) is 4. The summed E-state index contributed by atoms with van der Waals surface area (Å²) in [6.45, 7) is 1.88. The lowest BCUT2D eigenvalue weighted by Crippen LogP contribution is -2.02. The Morgan fingerprint density at radius 1 is 1.14 bits per heavy atom. The molecular formula is C15H17O6P. The monoisotopic (exact) mass is 324 g/mol. The summed E-state index contributed by atoms with van der Waals surface area (Å²) in [5, 5.41) is 19.5. The summed E-state index contributed by atoms with van der Waals surface area (Å²) in [6.07, 6.45) is 0.297. The first kappa shape index (κ1) is 16.4. The van der Waals surface area contributed by atoms with Crippen LogP contribution in [0.5, 0.6) is 17.2 Å². The van der Waals surface area contributed by atoms with Gasteiger partial charge >= 0.3 is 7.82 Å². The lowest BCUT2D eigenvalue weighted by atomic mass is 9.93. The third kappa shape index (κ3) is 4.24. The Morgan fingerprint density at radius 2 is 1.82 bits per heavy atom. The van der Waals surface area contributed by atoms with Crippen LogP contribution in [0, 0.1) is 0 Å². The molecule has 0 heterocycles. The number of phenolic OH excluding ortho intramolecular Hbond substituents is 2. The summed E-state index contributed by atoms with van der Waals surface area (Å²) in [5.74, 6) is -0.119. The van der Waals surface area contributed by atoms with Crippen molar-refractivity contribution in [3.8, 4) is 17.2 Å². The van der Waals surface area contributed by atoms with E-state index in [1.807, 2.05) is 13.0 Å². The van der Waals surface area contributed by atoms with Gasteiger partial charge in [0.1, 0.15) is 17.2 Å². The molecule has 0 radical (unpaired) electrons. The molecule has 0 aliphatic rings. The van der Waals surface area contributed by atoms with Crippen molar-refractivity contribution < 1.29 is 29.1 Å². The molecular weight excluding hydrogens is 307 g/mol. The Labute approximate surface area is 127 Å². The first-order chi connectivity index (χ1) is 10.3. The summed E-state index contributed by atoms with van der Waals surface area (Å²) >= 11 is 0. The highest BCUT2D eigenvalue weighted by atomic mass is 31.2. The van der Waals surface area contributed by atoms with Crippen molar-refractivity contribution >= 4 is 7.82 Å². The molecule has 0 spiro atoms. The van der Waals surface area contributed by atoms with E-state index >= 15 is 0 Å². The van der Waals surface area contributed by atoms with Gasteiger partial charge in [0, 0.05) is 5.56 Å². The minimum Gasteiger partial charge on any atom is -0.508 e. The molecule has 0 bridgehead atoms. The molecule has 0 fully saturated rings. The fourth-order valence-electron chi connectivity index (χ4n) is 2.23. The molecule has 0 aliphatic carbocycles. The standard InChI is InChI=1S/C15H17O6P/c1-10(11-4-2-5-12(16)9-11)8-13-14(17)6-3-7-15(13)21-22(18,19)20/h2-7,9-10,16-17H,8H2,1H3,(H2,18,19,20). The van der Waals surface area contributed by atoms with Gasteiger partial charge in [0.15, 0.2) is 0 Å². The normalized spacial score (nSPS) is 12.9. The molecule has 2 aromatic carbocycles. The number of phenols is 2. The zero-order valence-corrected chi connectivity index (χ0v) is 12.8. The van der Waals surface area contributed by atoms with Gasteiger partial charge < -0.3 is 14.7 Å². The van der Waals surface area contributed by atoms with E-state index in [1.54, 1.807) is 18.2 Å². The molecule has 0 saturated heterocycles. The van der Waals surface area contributed by atoms with Gasteiger partial charge in [-0.15, -0.1) is 0 Å². The highest BCUT2D eigenvalue weighted by molar-refractivity contribution is 7.46. The zero-order valence-electron chi connectivity index (χ0n) is 11.9. The largest absolute Gasteiger partial charge is 0.524 e. The molecule has 4 N–H and O–H groups in total. The molecule has 0 aliphatic heterocycles. The number of hydrogen-bond acceptors (Lipinski definition) is 4. The number of phosphoric ester groups is 1. The Kier molecular flexibility index (Phi) is 4.76. The first-order valence-electron chi connectivity index (χ1n) is 6.61. The molecule has 118 valence electrons. The Morgan fingerprint density at radius 3 is 2.45 bits per heavy atom. The third-order valence-corrected chi connectivity index (χ3v) is 3.71. The number of benzene rings is 2. The van der Waals surface area contributed by atoms with E-state index in [-0.39, 0.29) is 23.2 Å². The number of rotatable bonds is 5. The maximum atomic E-state index is 11.0. The van der Waals surface area contributed by atoms with E-state index in [1.165, 1.54) is 18.2 Å². The highest BCUT2D eigenvalue weighted by Gasteiger charge is 2.21. The second kappa shape index (κ2) is 6.40. The van der Waals surface area contributed by atoms with Gasteiger partial charge in [0.25, 0.3) is 0 Å². The molecule has 0 saturated carbocycles. The van der Waals surface area contributed by atoms with Gasteiger partial charge in [0.05, 0.1) is 0 Å². The fraction of sp³-hybridized carbons (Fsp3) is 0.200. The second-order valence-corrected chi connectivity index (χ2v) is 6.20. The van der Waals surface area contributed by atoms with Crippen molar-refractivity contribution in [3.05, 3.63) is 53.6 Å². The van der Waals surface area contributed by atoms with Gasteiger partial charge in [-0.05, 0) is 42.2 Å². The maximum Gasteiger partial charge on any atom is 0.524 e. The van der Waals surface area contributed by atoms with E-state index in [2.05, 4.69) is 4.52 Å². The molecule has 22 heavy (non-hydrogen) atoms. The average molecular weight is 324 g/mol. The summed E-state index contributed by atoms with van der Waals surface area (Å²) in [6, 6.07) is 11.0. The van der Waals surface area contributed by atoms with Crippen LogP contribution in [0.4, 0.5) is 0 Å². The molecule has 7 heteroatoms. The summed E-state index contributed by atoms with van der Waals surface area (Å²) in [7, 11) is -4.71. The molecule has 0 aromatic heterocycles. The van der Waals surface area contributed by atoms with Crippen molar-refractivity contribution in [2.24, 2.45) is 0 Å². The van der Waals surface area contributed by atoms with Crippen LogP contribution < -0.4 is 4.52 Å². The topological polar surface area (TPSA) is 107 Å². The third-order valence-electron chi connectivity index (χ3n) is 3.28. The van der Waals surface area contributed by atoms with E-state index in [0.717, 1.165) is 5.56 Å². The van der Waals surface area contributed by atoms with Crippen molar-refractivity contribution in [2.45, 2.75) is 19.3 Å². The predicted octanol–water partition coefficient (Wildman–Crippen LogP) is 2.92. The Balaban J connectivity index is 2.30. The highest BCUT2D eigenvalue weighted by Crippen LogP contribution is 2.42. The quantitative estimate of drug-likeness (QED) is 0.630. The van der Waals surface area contributed by atoms with E-state index in [4.69, 9.17) is 9.79 Å². The van der Waals surface area contributed by atoms with Gasteiger partial charge in [0.2, 0.25) is 0 Å². The summed E-state index contributed by atoms with van der Waals surface area (Å²) in [5.41, 5.74) is 1.15. The minimum atomic E-state index is -4.71. The van der Waals surface area contributed by atoms with Crippen molar-refractivity contribution in [3.63, 3.8) is 0 Å². The van der Waals surface area contributed by atoms with E-state index in [9.17, 15) is 14.8 Å². The lowest BCUT2D eigenvalue weighted by molar-refractivity contribution is 0.281. The molecule has 1 atom stereocenters. The SMILES string of the molecule is CC(Cc1c(O)cccc1OP(=O)(O)O)c1cccc(O)c1. The zero-order chi connectivity index (χ0) is 16.3. The first-order valence-corrected chi connectivity index (χ1v) is 8.14. The van der Waals surface area contributed by atoms with Gasteiger partial charge in [-0.3, -0.25) is 9.79 Å². The van der Waals surface area contributed by atoms with Crippen LogP contribution >= 0.6 is 7.82 Å². The molecule has 2 aromatic rings. The van der Waals surface area contributed by atoms with Crippen LogP contribution in [0.15, 0.2) is 42.5 Å². The summed E-state index contributed by atoms with van der Waals surface area (Å²) in [4.78, 5) is 17.9.